The molecule has 1 fully saturated rings. The van der Waals surface area contributed by atoms with E-state index in [-0.39, 0.29) is 12.0 Å². The van der Waals surface area contributed by atoms with Crippen molar-refractivity contribution < 1.29 is 9.90 Å². The van der Waals surface area contributed by atoms with Crippen LogP contribution in [0.2, 0.25) is 0 Å². The zero-order chi connectivity index (χ0) is 10.1. The Bertz CT molecular complexity index is 196. The van der Waals surface area contributed by atoms with Crippen LogP contribution in [0.15, 0.2) is 0 Å². The molecule has 0 spiro atoms. The Morgan fingerprint density at radius 2 is 2.23 bits per heavy atom. The standard InChI is InChI=1S/C9H18N2O2/c1-3-9(2,6-10)8(13)11-4-7(12)5-11/h7,12H,3-6,10H2,1-2H3. The molecule has 4 nitrogen and oxygen atoms in total. The lowest BCUT2D eigenvalue weighted by Gasteiger charge is -2.41. The van der Waals surface area contributed by atoms with Crippen molar-refractivity contribution in [2.75, 3.05) is 19.6 Å². The third-order valence-corrected chi connectivity index (χ3v) is 2.90. The second kappa shape index (κ2) is 3.64. The topological polar surface area (TPSA) is 66.6 Å². The highest BCUT2D eigenvalue weighted by Crippen LogP contribution is 2.25. The zero-order valence-corrected chi connectivity index (χ0v) is 8.29. The summed E-state index contributed by atoms with van der Waals surface area (Å²) in [7, 11) is 0. The Hall–Kier alpha value is -0.610. The Morgan fingerprint density at radius 1 is 1.69 bits per heavy atom. The fourth-order valence-corrected chi connectivity index (χ4v) is 1.39. The van der Waals surface area contributed by atoms with Crippen LogP contribution in [-0.4, -0.2) is 41.7 Å². The van der Waals surface area contributed by atoms with E-state index in [4.69, 9.17) is 10.8 Å². The number of nitrogens with zero attached hydrogens (tertiary/aromatic N) is 1. The van der Waals surface area contributed by atoms with Crippen LogP contribution in [0.1, 0.15) is 20.3 Å². The van der Waals surface area contributed by atoms with Crippen LogP contribution in [0.4, 0.5) is 0 Å². The summed E-state index contributed by atoms with van der Waals surface area (Å²) >= 11 is 0. The predicted octanol–water partition coefficient (Wildman–Crippen LogP) is -0.435. The summed E-state index contributed by atoms with van der Waals surface area (Å²) in [5.41, 5.74) is 5.12. The van der Waals surface area contributed by atoms with Crippen LogP contribution in [-0.2, 0) is 4.79 Å². The summed E-state index contributed by atoms with van der Waals surface area (Å²) < 4.78 is 0. The molecule has 1 heterocycles. The van der Waals surface area contributed by atoms with Crippen LogP contribution < -0.4 is 5.73 Å². The molecule has 1 atom stereocenters. The molecule has 0 saturated carbocycles. The lowest BCUT2D eigenvalue weighted by molar-refractivity contribution is -0.151. The molecule has 0 radical (unpaired) electrons. The second-order valence-corrected chi connectivity index (χ2v) is 3.98. The summed E-state index contributed by atoms with van der Waals surface area (Å²) in [4.78, 5) is 13.5. The number of carbonyl (C=O) groups is 1. The van der Waals surface area contributed by atoms with Gasteiger partial charge in [-0.05, 0) is 13.3 Å². The first-order valence-electron chi connectivity index (χ1n) is 4.71. The number of aliphatic hydroxyl groups is 1. The number of likely N-dealkylation sites (tertiary alicyclic amines) is 1. The monoisotopic (exact) mass is 186 g/mol. The Kier molecular flexibility index (Phi) is 2.93. The van der Waals surface area contributed by atoms with Crippen LogP contribution in [0.5, 0.6) is 0 Å². The minimum absolute atomic E-state index is 0.0720. The maximum atomic E-state index is 11.8. The molecule has 0 bridgehead atoms. The van der Waals surface area contributed by atoms with Gasteiger partial charge < -0.3 is 15.7 Å². The Labute approximate surface area is 78.7 Å². The Balaban J connectivity index is 2.55. The molecular weight excluding hydrogens is 168 g/mol. The van der Waals surface area contributed by atoms with Gasteiger partial charge in [0.2, 0.25) is 5.91 Å². The SMILES string of the molecule is CCC(C)(CN)C(=O)N1CC(O)C1. The number of aliphatic hydroxyl groups excluding tert-OH is 1. The van der Waals surface area contributed by atoms with Crippen molar-refractivity contribution in [2.45, 2.75) is 26.4 Å². The van der Waals surface area contributed by atoms with Crippen molar-refractivity contribution in [2.24, 2.45) is 11.1 Å². The van der Waals surface area contributed by atoms with E-state index in [1.807, 2.05) is 13.8 Å². The highest BCUT2D eigenvalue weighted by atomic mass is 16.3. The molecule has 1 aliphatic rings. The highest BCUT2D eigenvalue weighted by molar-refractivity contribution is 5.83. The molecule has 0 aromatic heterocycles. The molecule has 0 aromatic rings. The number of β-amino-alcohol motifs (C(OH)–C–C–N with tert-alkyl or cyclic N) is 1. The van der Waals surface area contributed by atoms with Gasteiger partial charge in [0.25, 0.3) is 0 Å². The first-order chi connectivity index (χ1) is 6.03. The minimum atomic E-state index is -0.444. The van der Waals surface area contributed by atoms with E-state index in [2.05, 4.69) is 0 Å². The Morgan fingerprint density at radius 3 is 2.54 bits per heavy atom. The van der Waals surface area contributed by atoms with Crippen molar-refractivity contribution in [3.05, 3.63) is 0 Å². The van der Waals surface area contributed by atoms with Gasteiger partial charge in [0, 0.05) is 19.6 Å². The smallest absolute Gasteiger partial charge is 0.229 e. The summed E-state index contributed by atoms with van der Waals surface area (Å²) in [6.07, 6.45) is 0.414. The number of carbonyl (C=O) groups excluding carboxylic acids is 1. The maximum Gasteiger partial charge on any atom is 0.229 e. The predicted molar refractivity (Wildman–Crippen MR) is 50.0 cm³/mol. The molecule has 1 amide bonds. The lowest BCUT2D eigenvalue weighted by atomic mass is 9.85. The van der Waals surface area contributed by atoms with Crippen LogP contribution >= 0.6 is 0 Å². The fraction of sp³-hybridized carbons (Fsp3) is 0.889. The van der Waals surface area contributed by atoms with Crippen molar-refractivity contribution >= 4 is 5.91 Å². The average molecular weight is 186 g/mol. The van der Waals surface area contributed by atoms with Crippen LogP contribution in [0.3, 0.4) is 0 Å². The maximum absolute atomic E-state index is 11.8. The normalized spacial score (nSPS) is 22.3. The zero-order valence-electron chi connectivity index (χ0n) is 8.29. The first kappa shape index (κ1) is 10.5. The van der Waals surface area contributed by atoms with Crippen molar-refractivity contribution in [3.63, 3.8) is 0 Å². The molecule has 13 heavy (non-hydrogen) atoms. The van der Waals surface area contributed by atoms with Crippen molar-refractivity contribution in [1.82, 2.24) is 4.90 Å². The van der Waals surface area contributed by atoms with Crippen LogP contribution in [0.25, 0.3) is 0 Å². The molecule has 4 heteroatoms. The second-order valence-electron chi connectivity index (χ2n) is 3.98. The summed E-state index contributed by atoms with van der Waals surface area (Å²) in [6.45, 7) is 5.14. The first-order valence-corrected chi connectivity index (χ1v) is 4.71. The van der Waals surface area contributed by atoms with E-state index in [1.165, 1.54) is 0 Å². The van der Waals surface area contributed by atoms with E-state index in [0.29, 0.717) is 19.6 Å². The molecular formula is C9H18N2O2. The number of rotatable bonds is 3. The molecule has 0 aromatic carbocycles. The number of hydrogen-bond acceptors (Lipinski definition) is 3. The molecule has 1 unspecified atom stereocenters. The largest absolute Gasteiger partial charge is 0.389 e. The van der Waals surface area contributed by atoms with Crippen LogP contribution in [0, 0.1) is 5.41 Å². The third-order valence-electron chi connectivity index (χ3n) is 2.90. The summed E-state index contributed by atoms with van der Waals surface area (Å²) in [5.74, 6) is 0.0720. The number of hydrogen-bond donors (Lipinski definition) is 2. The summed E-state index contributed by atoms with van der Waals surface area (Å²) in [5, 5.41) is 9.05. The van der Waals surface area contributed by atoms with Gasteiger partial charge in [0.15, 0.2) is 0 Å². The molecule has 1 saturated heterocycles. The van der Waals surface area contributed by atoms with Crippen molar-refractivity contribution in [3.8, 4) is 0 Å². The van der Waals surface area contributed by atoms with Gasteiger partial charge in [-0.3, -0.25) is 4.79 Å². The summed E-state index contributed by atoms with van der Waals surface area (Å²) in [6, 6.07) is 0. The molecule has 1 aliphatic heterocycles. The highest BCUT2D eigenvalue weighted by Gasteiger charge is 2.38. The average Bonchev–Trinajstić information content (AvgIpc) is 2.10. The van der Waals surface area contributed by atoms with E-state index < -0.39 is 5.41 Å². The molecule has 3 N–H and O–H groups in total. The van der Waals surface area contributed by atoms with E-state index in [1.54, 1.807) is 4.90 Å². The van der Waals surface area contributed by atoms with E-state index in [0.717, 1.165) is 6.42 Å². The van der Waals surface area contributed by atoms with Gasteiger partial charge >= 0.3 is 0 Å². The fourth-order valence-electron chi connectivity index (χ4n) is 1.39. The van der Waals surface area contributed by atoms with Gasteiger partial charge in [-0.1, -0.05) is 6.92 Å². The molecule has 0 aliphatic carbocycles. The van der Waals surface area contributed by atoms with Crippen molar-refractivity contribution in [1.29, 1.82) is 0 Å². The third kappa shape index (κ3) is 1.84. The molecule has 1 rings (SSSR count). The lowest BCUT2D eigenvalue weighted by Crippen LogP contribution is -2.58. The number of amides is 1. The molecule has 76 valence electrons. The number of nitrogens with two attached hydrogens (primary N) is 1. The minimum Gasteiger partial charge on any atom is -0.389 e. The van der Waals surface area contributed by atoms with E-state index >= 15 is 0 Å². The van der Waals surface area contributed by atoms with Gasteiger partial charge in [0.05, 0.1) is 11.5 Å². The van der Waals surface area contributed by atoms with Gasteiger partial charge in [-0.25, -0.2) is 0 Å². The van der Waals surface area contributed by atoms with Gasteiger partial charge in [-0.2, -0.15) is 0 Å². The van der Waals surface area contributed by atoms with Gasteiger partial charge in [0.1, 0.15) is 0 Å². The van der Waals surface area contributed by atoms with E-state index in [9.17, 15) is 4.79 Å². The van der Waals surface area contributed by atoms with Gasteiger partial charge in [-0.15, -0.1) is 0 Å². The quantitative estimate of drug-likeness (QED) is 0.628.